The molecule has 2 amide bonds. The molecule has 1 aromatic heterocycles. The summed E-state index contributed by atoms with van der Waals surface area (Å²) in [7, 11) is 1.62. The summed E-state index contributed by atoms with van der Waals surface area (Å²) < 4.78 is 18.2. The molecule has 0 saturated carbocycles. The smallest absolute Gasteiger partial charge is 0.317 e. The first-order chi connectivity index (χ1) is 11.2. The summed E-state index contributed by atoms with van der Waals surface area (Å²) >= 11 is 0. The van der Waals surface area contributed by atoms with E-state index in [1.165, 1.54) is 17.7 Å². The predicted octanol–water partition coefficient (Wildman–Crippen LogP) is 2.84. The molecule has 1 aliphatic heterocycles. The molecule has 2 N–H and O–H groups in total. The van der Waals surface area contributed by atoms with Gasteiger partial charge in [0.15, 0.2) is 0 Å². The second kappa shape index (κ2) is 7.00. The number of urea groups is 1. The summed E-state index contributed by atoms with van der Waals surface area (Å²) in [5.41, 5.74) is 2.05. The third-order valence-corrected chi connectivity index (χ3v) is 4.48. The van der Waals surface area contributed by atoms with Crippen LogP contribution in [0.3, 0.4) is 0 Å². The van der Waals surface area contributed by atoms with Crippen LogP contribution in [0.15, 0.2) is 24.4 Å². The highest BCUT2D eigenvalue weighted by Crippen LogP contribution is 2.33. The van der Waals surface area contributed by atoms with Gasteiger partial charge in [0.2, 0.25) is 0 Å². The number of hydrogen-bond acceptors (Lipinski definition) is 2. The molecule has 0 bridgehead atoms. The summed E-state index contributed by atoms with van der Waals surface area (Å²) in [6.07, 6.45) is 3.81. The molecule has 0 radical (unpaired) electrons. The zero-order valence-corrected chi connectivity index (χ0v) is 13.3. The summed E-state index contributed by atoms with van der Waals surface area (Å²) in [4.78, 5) is 17.0. The molecule has 1 saturated heterocycles. The third-order valence-electron chi connectivity index (χ3n) is 4.48. The summed E-state index contributed by atoms with van der Waals surface area (Å²) in [5, 5.41) is 3.93. The van der Waals surface area contributed by atoms with E-state index in [1.54, 1.807) is 7.11 Å². The number of methoxy groups -OCH3 is 1. The average Bonchev–Trinajstić information content (AvgIpc) is 2.98. The summed E-state index contributed by atoms with van der Waals surface area (Å²) in [5.74, 6) is 0.172. The van der Waals surface area contributed by atoms with Gasteiger partial charge in [-0.1, -0.05) is 0 Å². The van der Waals surface area contributed by atoms with Gasteiger partial charge in [0.1, 0.15) is 5.82 Å². The van der Waals surface area contributed by atoms with Gasteiger partial charge in [-0.15, -0.1) is 0 Å². The molecule has 1 fully saturated rings. The fraction of sp³-hybridized carbons (Fsp3) is 0.471. The van der Waals surface area contributed by atoms with Gasteiger partial charge in [0.05, 0.1) is 6.61 Å². The van der Waals surface area contributed by atoms with Crippen molar-refractivity contribution in [2.75, 3.05) is 33.4 Å². The number of fused-ring (bicyclic) bond motifs is 1. The lowest BCUT2D eigenvalue weighted by atomic mass is 9.89. The van der Waals surface area contributed by atoms with Crippen LogP contribution in [-0.2, 0) is 4.74 Å². The van der Waals surface area contributed by atoms with Crippen molar-refractivity contribution in [1.82, 2.24) is 15.2 Å². The summed E-state index contributed by atoms with van der Waals surface area (Å²) in [6.45, 7) is 2.52. The SMILES string of the molecule is COCCNC(=O)N1CCC(c2c[nH]c3cc(F)ccc23)CC1. The first kappa shape index (κ1) is 15.8. The second-order valence-electron chi connectivity index (χ2n) is 5.92. The van der Waals surface area contributed by atoms with Crippen LogP contribution in [0.1, 0.15) is 24.3 Å². The number of amides is 2. The Morgan fingerprint density at radius 2 is 2.22 bits per heavy atom. The van der Waals surface area contributed by atoms with Gasteiger partial charge in [-0.25, -0.2) is 9.18 Å². The molecule has 0 aliphatic carbocycles. The standard InChI is InChI=1S/C17H22FN3O2/c1-23-9-6-19-17(22)21-7-4-12(5-8-21)15-11-20-16-10-13(18)2-3-14(15)16/h2-3,10-12,20H,4-9H2,1H3,(H,19,22). The monoisotopic (exact) mass is 319 g/mol. The lowest BCUT2D eigenvalue weighted by Gasteiger charge is -2.32. The molecular weight excluding hydrogens is 297 g/mol. The van der Waals surface area contributed by atoms with E-state index in [4.69, 9.17) is 4.74 Å². The molecule has 1 aromatic carbocycles. The number of piperidine rings is 1. The maximum absolute atomic E-state index is 13.3. The molecule has 2 heterocycles. The van der Waals surface area contributed by atoms with E-state index in [9.17, 15) is 9.18 Å². The number of rotatable bonds is 4. The van der Waals surface area contributed by atoms with E-state index >= 15 is 0 Å². The first-order valence-corrected chi connectivity index (χ1v) is 7.97. The molecule has 23 heavy (non-hydrogen) atoms. The normalized spacial score (nSPS) is 16.0. The number of H-pyrrole nitrogens is 1. The van der Waals surface area contributed by atoms with Gasteiger partial charge in [-0.3, -0.25) is 0 Å². The fourth-order valence-corrected chi connectivity index (χ4v) is 3.22. The number of aromatic nitrogens is 1. The van der Waals surface area contributed by atoms with E-state index in [2.05, 4.69) is 10.3 Å². The Kier molecular flexibility index (Phi) is 4.81. The van der Waals surface area contributed by atoms with Gasteiger partial charge < -0.3 is 19.9 Å². The van der Waals surface area contributed by atoms with Crippen LogP contribution in [0.4, 0.5) is 9.18 Å². The lowest BCUT2D eigenvalue weighted by molar-refractivity contribution is 0.169. The molecule has 5 nitrogen and oxygen atoms in total. The van der Waals surface area contributed by atoms with Gasteiger partial charge in [-0.05, 0) is 42.5 Å². The Balaban J connectivity index is 1.61. The number of carbonyl (C=O) groups is 1. The van der Waals surface area contributed by atoms with Crippen LogP contribution < -0.4 is 5.32 Å². The largest absolute Gasteiger partial charge is 0.383 e. The maximum Gasteiger partial charge on any atom is 0.317 e. The molecule has 1 aliphatic rings. The Morgan fingerprint density at radius 3 is 2.96 bits per heavy atom. The van der Waals surface area contributed by atoms with Crippen molar-refractivity contribution in [2.45, 2.75) is 18.8 Å². The van der Waals surface area contributed by atoms with E-state index in [0.29, 0.717) is 19.1 Å². The van der Waals surface area contributed by atoms with Crippen LogP contribution in [0, 0.1) is 5.82 Å². The van der Waals surface area contributed by atoms with E-state index in [1.807, 2.05) is 17.2 Å². The van der Waals surface area contributed by atoms with Crippen LogP contribution in [-0.4, -0.2) is 49.3 Å². The molecule has 0 atom stereocenters. The van der Waals surface area contributed by atoms with E-state index in [-0.39, 0.29) is 11.8 Å². The maximum atomic E-state index is 13.3. The number of aromatic amines is 1. The summed E-state index contributed by atoms with van der Waals surface area (Å²) in [6, 6.07) is 4.83. The van der Waals surface area contributed by atoms with Gasteiger partial charge in [0, 0.05) is 43.8 Å². The number of halogens is 1. The average molecular weight is 319 g/mol. The van der Waals surface area contributed by atoms with E-state index in [0.717, 1.165) is 36.8 Å². The highest BCUT2D eigenvalue weighted by molar-refractivity contribution is 5.83. The van der Waals surface area contributed by atoms with Crippen LogP contribution in [0.25, 0.3) is 10.9 Å². The second-order valence-corrected chi connectivity index (χ2v) is 5.92. The minimum absolute atomic E-state index is 0.0264. The van der Waals surface area contributed by atoms with Crippen molar-refractivity contribution in [3.05, 3.63) is 35.8 Å². The van der Waals surface area contributed by atoms with Crippen molar-refractivity contribution in [3.63, 3.8) is 0 Å². The number of nitrogens with one attached hydrogen (secondary N) is 2. The van der Waals surface area contributed by atoms with Crippen molar-refractivity contribution in [1.29, 1.82) is 0 Å². The Bertz CT molecular complexity index is 678. The number of nitrogens with zero attached hydrogens (tertiary/aromatic N) is 1. The minimum atomic E-state index is -0.228. The van der Waals surface area contributed by atoms with Gasteiger partial charge in [0.25, 0.3) is 0 Å². The Morgan fingerprint density at radius 1 is 1.43 bits per heavy atom. The number of carbonyl (C=O) groups excluding carboxylic acids is 1. The number of ether oxygens (including phenoxy) is 1. The van der Waals surface area contributed by atoms with Crippen molar-refractivity contribution < 1.29 is 13.9 Å². The molecule has 0 unspecified atom stereocenters. The molecule has 0 spiro atoms. The van der Waals surface area contributed by atoms with E-state index < -0.39 is 0 Å². The van der Waals surface area contributed by atoms with Gasteiger partial charge in [-0.2, -0.15) is 0 Å². The van der Waals surface area contributed by atoms with Crippen molar-refractivity contribution in [2.24, 2.45) is 0 Å². The van der Waals surface area contributed by atoms with Crippen LogP contribution >= 0.6 is 0 Å². The minimum Gasteiger partial charge on any atom is -0.383 e. The van der Waals surface area contributed by atoms with Crippen LogP contribution in [0.2, 0.25) is 0 Å². The molecule has 124 valence electrons. The Labute approximate surface area is 134 Å². The molecule has 2 aromatic rings. The zero-order valence-electron chi connectivity index (χ0n) is 13.3. The van der Waals surface area contributed by atoms with Crippen molar-refractivity contribution in [3.8, 4) is 0 Å². The number of benzene rings is 1. The zero-order chi connectivity index (χ0) is 16.2. The fourth-order valence-electron chi connectivity index (χ4n) is 3.22. The number of likely N-dealkylation sites (tertiary alicyclic amines) is 1. The van der Waals surface area contributed by atoms with Gasteiger partial charge >= 0.3 is 6.03 Å². The topological polar surface area (TPSA) is 57.4 Å². The van der Waals surface area contributed by atoms with Crippen molar-refractivity contribution >= 4 is 16.9 Å². The predicted molar refractivity (Wildman–Crippen MR) is 87.1 cm³/mol. The lowest BCUT2D eigenvalue weighted by Crippen LogP contribution is -2.44. The highest BCUT2D eigenvalue weighted by Gasteiger charge is 2.25. The van der Waals surface area contributed by atoms with Crippen LogP contribution in [0.5, 0.6) is 0 Å². The Hall–Kier alpha value is -2.08. The highest BCUT2D eigenvalue weighted by atomic mass is 19.1. The molecular formula is C17H22FN3O2. The third kappa shape index (κ3) is 3.47. The molecule has 3 rings (SSSR count). The quantitative estimate of drug-likeness (QED) is 0.852. The first-order valence-electron chi connectivity index (χ1n) is 7.97. The molecule has 6 heteroatoms. The number of hydrogen-bond donors (Lipinski definition) is 2.